The largest absolute Gasteiger partial charge is 0.377 e. The van der Waals surface area contributed by atoms with Crippen LogP contribution in [-0.4, -0.2) is 34.0 Å². The third-order valence-electron chi connectivity index (χ3n) is 6.59. The van der Waals surface area contributed by atoms with Crippen LogP contribution in [0.5, 0.6) is 0 Å². The molecule has 6 nitrogen and oxygen atoms in total. The summed E-state index contributed by atoms with van der Waals surface area (Å²) >= 11 is 6.01. The van der Waals surface area contributed by atoms with E-state index in [1.807, 2.05) is 20.8 Å². The Labute approximate surface area is 198 Å². The summed E-state index contributed by atoms with van der Waals surface area (Å²) in [6.07, 6.45) is 4.85. The first-order valence-corrected chi connectivity index (χ1v) is 11.6. The summed E-state index contributed by atoms with van der Waals surface area (Å²) in [7, 11) is 0. The molecule has 0 saturated carbocycles. The van der Waals surface area contributed by atoms with Crippen LogP contribution >= 0.6 is 11.6 Å². The van der Waals surface area contributed by atoms with E-state index in [1.165, 1.54) is 0 Å². The molecule has 1 amide bonds. The Morgan fingerprint density at radius 1 is 1.21 bits per heavy atom. The Morgan fingerprint density at radius 2 is 2.00 bits per heavy atom. The first kappa shape index (κ1) is 23.5. The van der Waals surface area contributed by atoms with Gasteiger partial charge in [0.25, 0.3) is 5.91 Å². The molecule has 0 fully saturated rings. The minimum absolute atomic E-state index is 0.0747. The third-order valence-corrected chi connectivity index (χ3v) is 6.78. The van der Waals surface area contributed by atoms with Gasteiger partial charge in [0.2, 0.25) is 5.28 Å². The minimum Gasteiger partial charge on any atom is -0.377 e. The lowest BCUT2D eigenvalue weighted by Gasteiger charge is -2.29. The number of halogens is 2. The zero-order valence-corrected chi connectivity index (χ0v) is 20.1. The Kier molecular flexibility index (Phi) is 6.91. The number of nitrogens with one attached hydrogen (secondary N) is 1. The molecule has 4 rings (SSSR count). The van der Waals surface area contributed by atoms with E-state index in [0.717, 1.165) is 27.8 Å². The highest BCUT2D eigenvalue weighted by molar-refractivity contribution is 6.28. The lowest BCUT2D eigenvalue weighted by atomic mass is 9.79. The molecule has 0 spiro atoms. The molecule has 0 unspecified atom stereocenters. The first-order chi connectivity index (χ1) is 15.8. The van der Waals surface area contributed by atoms with Crippen LogP contribution in [0.3, 0.4) is 0 Å². The summed E-state index contributed by atoms with van der Waals surface area (Å²) < 4.78 is 21.4. The molecule has 0 bridgehead atoms. The number of allylic oxidation sites excluding steroid dienone is 1. The average Bonchev–Trinajstić information content (AvgIpc) is 2.79. The summed E-state index contributed by atoms with van der Waals surface area (Å²) in [4.78, 5) is 25.5. The van der Waals surface area contributed by atoms with Crippen molar-refractivity contribution in [1.82, 2.24) is 20.3 Å². The number of pyridine rings is 1. The molecule has 3 heterocycles. The molecule has 2 aromatic heterocycles. The summed E-state index contributed by atoms with van der Waals surface area (Å²) in [6, 6.07) is 0. The number of aryl methyl sites for hydroxylation is 1. The maximum Gasteiger partial charge on any atom is 0.251 e. The number of aromatic nitrogens is 3. The van der Waals surface area contributed by atoms with Crippen molar-refractivity contribution in [1.29, 1.82) is 0 Å². The molecule has 2 aromatic rings. The number of nitrogens with zero attached hydrogens (tertiary/aromatic N) is 3. The van der Waals surface area contributed by atoms with E-state index in [-0.39, 0.29) is 35.0 Å². The van der Waals surface area contributed by atoms with E-state index in [4.69, 9.17) is 16.3 Å². The van der Waals surface area contributed by atoms with Crippen LogP contribution in [0.1, 0.15) is 62.2 Å². The Bertz CT molecular complexity index is 1180. The van der Waals surface area contributed by atoms with E-state index < -0.39 is 0 Å². The molecular weight excluding hydrogens is 443 g/mol. The van der Waals surface area contributed by atoms with Crippen LogP contribution in [0.25, 0.3) is 5.57 Å². The van der Waals surface area contributed by atoms with Gasteiger partial charge >= 0.3 is 0 Å². The SMILES string of the molecule is CCOCc1cnc(Cl)nc1Cc1ncc2c(c1F)C(C)=C(C1=C(C)[C@@H](C)CNC1=O)CC2. The van der Waals surface area contributed by atoms with Crippen molar-refractivity contribution < 1.29 is 13.9 Å². The van der Waals surface area contributed by atoms with Crippen molar-refractivity contribution in [2.45, 2.75) is 53.6 Å². The van der Waals surface area contributed by atoms with Gasteiger partial charge in [-0.05, 0) is 67.8 Å². The van der Waals surface area contributed by atoms with Crippen molar-refractivity contribution >= 4 is 23.1 Å². The number of hydrogen-bond acceptors (Lipinski definition) is 5. The van der Waals surface area contributed by atoms with Gasteiger partial charge in [0.05, 0.1) is 18.0 Å². The molecule has 2 aliphatic rings. The number of fused-ring (bicyclic) bond motifs is 1. The van der Waals surface area contributed by atoms with Gasteiger partial charge in [0, 0.05) is 48.7 Å². The van der Waals surface area contributed by atoms with Gasteiger partial charge in [-0.15, -0.1) is 0 Å². The number of rotatable bonds is 6. The van der Waals surface area contributed by atoms with E-state index >= 15 is 4.39 Å². The van der Waals surface area contributed by atoms with Crippen molar-refractivity contribution in [2.75, 3.05) is 13.2 Å². The van der Waals surface area contributed by atoms with Crippen LogP contribution in [-0.2, 0) is 29.0 Å². The second-order valence-corrected chi connectivity index (χ2v) is 8.95. The lowest BCUT2D eigenvalue weighted by Crippen LogP contribution is -2.37. The normalized spacial score (nSPS) is 18.5. The highest BCUT2D eigenvalue weighted by atomic mass is 35.5. The fourth-order valence-corrected chi connectivity index (χ4v) is 4.69. The second kappa shape index (κ2) is 9.69. The number of carbonyl (C=O) groups excluding carboxylic acids is 1. The third kappa shape index (κ3) is 4.57. The molecular formula is C25H28ClFN4O2. The lowest BCUT2D eigenvalue weighted by molar-refractivity contribution is -0.117. The molecule has 8 heteroatoms. The van der Waals surface area contributed by atoms with Crippen LogP contribution in [0.2, 0.25) is 5.28 Å². The molecule has 174 valence electrons. The molecule has 0 radical (unpaired) electrons. The van der Waals surface area contributed by atoms with Crippen molar-refractivity contribution in [3.63, 3.8) is 0 Å². The molecule has 0 aromatic carbocycles. The van der Waals surface area contributed by atoms with Gasteiger partial charge in [-0.1, -0.05) is 12.5 Å². The van der Waals surface area contributed by atoms with Gasteiger partial charge in [0.15, 0.2) is 5.82 Å². The summed E-state index contributed by atoms with van der Waals surface area (Å²) in [5, 5.41) is 3.06. The highest BCUT2D eigenvalue weighted by Gasteiger charge is 2.30. The van der Waals surface area contributed by atoms with E-state index in [1.54, 1.807) is 12.4 Å². The van der Waals surface area contributed by atoms with Gasteiger partial charge in [-0.2, -0.15) is 0 Å². The quantitative estimate of drug-likeness (QED) is 0.624. The second-order valence-electron chi connectivity index (χ2n) is 8.62. The predicted octanol–water partition coefficient (Wildman–Crippen LogP) is 4.59. The fourth-order valence-electron chi connectivity index (χ4n) is 4.54. The molecule has 1 aliphatic carbocycles. The zero-order valence-electron chi connectivity index (χ0n) is 19.4. The average molecular weight is 471 g/mol. The van der Waals surface area contributed by atoms with E-state index in [0.29, 0.717) is 49.4 Å². The monoisotopic (exact) mass is 470 g/mol. The van der Waals surface area contributed by atoms with Gasteiger partial charge in [-0.3, -0.25) is 9.78 Å². The molecule has 1 aliphatic heterocycles. The van der Waals surface area contributed by atoms with Crippen molar-refractivity contribution in [3.8, 4) is 0 Å². The number of ether oxygens (including phenoxy) is 1. The number of carbonyl (C=O) groups is 1. The van der Waals surface area contributed by atoms with Crippen LogP contribution in [0.4, 0.5) is 4.39 Å². The predicted molar refractivity (Wildman–Crippen MR) is 125 cm³/mol. The standard InChI is InChI=1S/C25H28ClFN4O2/c1-5-33-12-17-11-30-25(26)31-19(17)8-20-23(27)21-15(4)18(7-6-16(21)10-28-20)22-14(3)13(2)9-29-24(22)32/h10-11,13H,5-9,12H2,1-4H3,(H,29,32)/t13-/m0/s1. The van der Waals surface area contributed by atoms with Crippen molar-refractivity contribution in [3.05, 3.63) is 68.3 Å². The fraction of sp³-hybridized carbons (Fsp3) is 0.440. The van der Waals surface area contributed by atoms with E-state index in [9.17, 15) is 4.79 Å². The maximum atomic E-state index is 15.9. The number of amides is 1. The molecule has 1 N–H and O–H groups in total. The Morgan fingerprint density at radius 3 is 2.76 bits per heavy atom. The summed E-state index contributed by atoms with van der Waals surface area (Å²) in [5.74, 6) is -0.195. The summed E-state index contributed by atoms with van der Waals surface area (Å²) in [5.41, 5.74) is 6.50. The molecule has 0 saturated heterocycles. The highest BCUT2D eigenvalue weighted by Crippen LogP contribution is 2.39. The van der Waals surface area contributed by atoms with Crippen LogP contribution in [0, 0.1) is 11.7 Å². The van der Waals surface area contributed by atoms with Gasteiger partial charge in [-0.25, -0.2) is 14.4 Å². The maximum absolute atomic E-state index is 15.9. The first-order valence-electron chi connectivity index (χ1n) is 11.3. The van der Waals surface area contributed by atoms with Crippen LogP contribution < -0.4 is 5.32 Å². The number of hydrogen-bond donors (Lipinski definition) is 1. The van der Waals surface area contributed by atoms with Gasteiger partial charge in [0.1, 0.15) is 0 Å². The topological polar surface area (TPSA) is 77.0 Å². The zero-order chi connectivity index (χ0) is 23.7. The molecule has 1 atom stereocenters. The smallest absolute Gasteiger partial charge is 0.251 e. The Hall–Kier alpha value is -2.64. The van der Waals surface area contributed by atoms with E-state index in [2.05, 4.69) is 27.2 Å². The Balaban J connectivity index is 1.76. The molecule has 33 heavy (non-hydrogen) atoms. The van der Waals surface area contributed by atoms with Crippen molar-refractivity contribution in [2.24, 2.45) is 5.92 Å². The van der Waals surface area contributed by atoms with Crippen LogP contribution in [0.15, 0.2) is 29.1 Å². The minimum atomic E-state index is -0.373. The van der Waals surface area contributed by atoms with Gasteiger partial charge < -0.3 is 10.1 Å². The summed E-state index contributed by atoms with van der Waals surface area (Å²) in [6.45, 7) is 9.39.